The second-order valence-corrected chi connectivity index (χ2v) is 4.89. The Morgan fingerprint density at radius 1 is 1.18 bits per heavy atom. The Morgan fingerprint density at radius 3 is 2.24 bits per heavy atom. The van der Waals surface area contributed by atoms with Crippen LogP contribution in [0.2, 0.25) is 0 Å². The molecule has 0 spiro atoms. The van der Waals surface area contributed by atoms with E-state index >= 15 is 0 Å². The predicted octanol–water partition coefficient (Wildman–Crippen LogP) is 1.47. The summed E-state index contributed by atoms with van der Waals surface area (Å²) in [6.45, 7) is 3.01. The molecule has 0 atom stereocenters. The molecule has 0 unspecified atom stereocenters. The highest BCUT2D eigenvalue weighted by Crippen LogP contribution is 2.25. The fourth-order valence-electron chi connectivity index (χ4n) is 1.43. The van der Waals surface area contributed by atoms with Gasteiger partial charge in [0.15, 0.2) is 5.57 Å². The van der Waals surface area contributed by atoms with Crippen molar-refractivity contribution in [2.24, 2.45) is 0 Å². The Labute approximate surface area is 106 Å². The van der Waals surface area contributed by atoms with E-state index in [1.54, 1.807) is 18.4 Å². The van der Waals surface area contributed by atoms with Gasteiger partial charge in [0.2, 0.25) is 0 Å². The lowest BCUT2D eigenvalue weighted by Gasteiger charge is -2.30. The lowest BCUT2D eigenvalue weighted by atomic mass is 10.1. The van der Waals surface area contributed by atoms with Gasteiger partial charge in [0.05, 0.1) is 5.70 Å². The van der Waals surface area contributed by atoms with Crippen LogP contribution in [0.5, 0.6) is 0 Å². The molecule has 0 saturated carbocycles. The summed E-state index contributed by atoms with van der Waals surface area (Å²) in [5, 5.41) is 2.81. The van der Waals surface area contributed by atoms with Gasteiger partial charge in [-0.1, -0.05) is 0 Å². The number of rotatable bonds is 0. The number of halogens is 1. The van der Waals surface area contributed by atoms with Crippen LogP contribution in [0.3, 0.4) is 0 Å². The highest BCUT2D eigenvalue weighted by molar-refractivity contribution is 9.11. The molecular formula is C11H10BrNO4. The molecule has 0 bridgehead atoms. The van der Waals surface area contributed by atoms with Crippen molar-refractivity contribution >= 4 is 27.9 Å². The Balaban J connectivity index is 2.35. The van der Waals surface area contributed by atoms with E-state index in [9.17, 15) is 9.59 Å². The Hall–Kier alpha value is -1.56. The van der Waals surface area contributed by atoms with Crippen molar-refractivity contribution in [3.05, 3.63) is 34.1 Å². The summed E-state index contributed by atoms with van der Waals surface area (Å²) in [6, 6.07) is 0. The predicted molar refractivity (Wildman–Crippen MR) is 62.6 cm³/mol. The number of hydrogen-bond acceptors (Lipinski definition) is 5. The minimum absolute atomic E-state index is 0.128. The molecule has 0 aromatic heterocycles. The fraction of sp³-hybridized carbons (Fsp3) is 0.273. The van der Waals surface area contributed by atoms with Gasteiger partial charge < -0.3 is 14.8 Å². The van der Waals surface area contributed by atoms with Gasteiger partial charge in [-0.3, -0.25) is 0 Å². The van der Waals surface area contributed by atoms with Crippen molar-refractivity contribution in [3.8, 4) is 0 Å². The number of cyclic esters (lactones) is 2. The minimum Gasteiger partial charge on any atom is -0.419 e. The number of allylic oxidation sites excluding steroid dienone is 3. The van der Waals surface area contributed by atoms with E-state index in [2.05, 4.69) is 21.2 Å². The van der Waals surface area contributed by atoms with E-state index in [-0.39, 0.29) is 5.57 Å². The van der Waals surface area contributed by atoms with Gasteiger partial charge in [0.25, 0.3) is 5.79 Å². The number of hydrogen-bond donors (Lipinski definition) is 1. The highest BCUT2D eigenvalue weighted by Gasteiger charge is 2.40. The largest absolute Gasteiger partial charge is 0.419 e. The van der Waals surface area contributed by atoms with Crippen molar-refractivity contribution in [2.75, 3.05) is 0 Å². The van der Waals surface area contributed by atoms with E-state index in [0.29, 0.717) is 5.70 Å². The Kier molecular flexibility index (Phi) is 2.82. The fourth-order valence-corrected chi connectivity index (χ4v) is 1.68. The zero-order valence-electron chi connectivity index (χ0n) is 9.24. The van der Waals surface area contributed by atoms with Crippen molar-refractivity contribution in [1.82, 2.24) is 5.32 Å². The summed E-state index contributed by atoms with van der Waals surface area (Å²) >= 11 is 3.24. The van der Waals surface area contributed by atoms with Crippen molar-refractivity contribution in [3.63, 3.8) is 0 Å². The molecule has 0 aliphatic carbocycles. The van der Waals surface area contributed by atoms with E-state index in [4.69, 9.17) is 9.47 Å². The Morgan fingerprint density at radius 2 is 1.76 bits per heavy atom. The normalized spacial score (nSPS) is 22.6. The highest BCUT2D eigenvalue weighted by atomic mass is 79.9. The first-order chi connectivity index (χ1) is 7.89. The van der Waals surface area contributed by atoms with Crippen LogP contribution in [-0.2, 0) is 19.1 Å². The summed E-state index contributed by atoms with van der Waals surface area (Å²) in [5.41, 5.74) is 0.232. The number of carbonyl (C=O) groups is 2. The second kappa shape index (κ2) is 4.03. The smallest absolute Gasteiger partial charge is 0.351 e. The molecule has 1 N–H and O–H groups in total. The van der Waals surface area contributed by atoms with E-state index in [1.807, 2.05) is 0 Å². The van der Waals surface area contributed by atoms with Crippen molar-refractivity contribution in [2.45, 2.75) is 19.6 Å². The molecule has 2 aliphatic rings. The second-order valence-electron chi connectivity index (χ2n) is 3.97. The van der Waals surface area contributed by atoms with Gasteiger partial charge in [-0.2, -0.15) is 0 Å². The van der Waals surface area contributed by atoms with Crippen molar-refractivity contribution < 1.29 is 19.1 Å². The first-order valence-corrected chi connectivity index (χ1v) is 5.69. The molecule has 0 radical (unpaired) electrons. The lowest BCUT2D eigenvalue weighted by molar-refractivity contribution is -0.222. The average molecular weight is 300 g/mol. The zero-order valence-corrected chi connectivity index (χ0v) is 10.8. The van der Waals surface area contributed by atoms with Crippen LogP contribution in [-0.4, -0.2) is 17.7 Å². The van der Waals surface area contributed by atoms with Gasteiger partial charge in [0, 0.05) is 24.5 Å². The molecule has 2 rings (SSSR count). The third-order valence-electron chi connectivity index (χ3n) is 2.13. The molecule has 0 aromatic carbocycles. The summed E-state index contributed by atoms with van der Waals surface area (Å²) in [4.78, 5) is 23.4. The Bertz CT molecular complexity index is 466. The molecule has 0 aromatic rings. The number of nitrogens with one attached hydrogen (secondary N) is 1. The molecule has 17 heavy (non-hydrogen) atoms. The van der Waals surface area contributed by atoms with Gasteiger partial charge in [-0.05, 0) is 28.1 Å². The first-order valence-electron chi connectivity index (χ1n) is 4.90. The molecule has 2 heterocycles. The molecule has 2 aliphatic heterocycles. The standard InChI is InChI=1S/C11H10BrNO4/c1-11(2)16-9(14)8(10(15)17-11)7-4-3-6(12)5-13-7/h3-5,13H,1-2H3. The molecular weight excluding hydrogens is 290 g/mol. The average Bonchev–Trinajstić information content (AvgIpc) is 2.18. The number of ether oxygens (including phenoxy) is 2. The summed E-state index contributed by atoms with van der Waals surface area (Å²) in [6.07, 6.45) is 4.92. The number of esters is 2. The van der Waals surface area contributed by atoms with Crippen LogP contribution < -0.4 is 5.32 Å². The maximum Gasteiger partial charge on any atom is 0.351 e. The third kappa shape index (κ3) is 2.41. The number of carbonyl (C=O) groups excluding carboxylic acids is 2. The minimum atomic E-state index is -1.22. The van der Waals surface area contributed by atoms with Crippen LogP contribution in [0.15, 0.2) is 34.1 Å². The molecule has 1 saturated heterocycles. The van der Waals surface area contributed by atoms with Crippen molar-refractivity contribution in [1.29, 1.82) is 0 Å². The SMILES string of the molecule is CC1(C)OC(=O)C(=C2C=CC(Br)=CN2)C(=O)O1. The van der Waals surface area contributed by atoms with Crippen LogP contribution in [0.25, 0.3) is 0 Å². The maximum atomic E-state index is 11.7. The summed E-state index contributed by atoms with van der Waals surface area (Å²) in [5.74, 6) is -2.60. The van der Waals surface area contributed by atoms with Crippen LogP contribution in [0, 0.1) is 0 Å². The molecule has 5 nitrogen and oxygen atoms in total. The molecule has 90 valence electrons. The monoisotopic (exact) mass is 299 g/mol. The van der Waals surface area contributed by atoms with Gasteiger partial charge in [-0.25, -0.2) is 9.59 Å². The maximum absolute atomic E-state index is 11.7. The van der Waals surface area contributed by atoms with E-state index < -0.39 is 17.7 Å². The quantitative estimate of drug-likeness (QED) is 0.417. The van der Waals surface area contributed by atoms with Gasteiger partial charge >= 0.3 is 11.9 Å². The zero-order chi connectivity index (χ0) is 12.6. The van der Waals surface area contributed by atoms with Crippen LogP contribution in [0.1, 0.15) is 13.8 Å². The van der Waals surface area contributed by atoms with Crippen LogP contribution >= 0.6 is 15.9 Å². The van der Waals surface area contributed by atoms with Gasteiger partial charge in [-0.15, -0.1) is 0 Å². The summed E-state index contributed by atoms with van der Waals surface area (Å²) < 4.78 is 10.8. The lowest BCUT2D eigenvalue weighted by Crippen LogP contribution is -2.43. The van der Waals surface area contributed by atoms with Crippen LogP contribution in [0.4, 0.5) is 0 Å². The topological polar surface area (TPSA) is 64.6 Å². The van der Waals surface area contributed by atoms with E-state index in [1.165, 1.54) is 13.8 Å². The van der Waals surface area contributed by atoms with Gasteiger partial charge in [0.1, 0.15) is 0 Å². The first kappa shape index (κ1) is 11.9. The third-order valence-corrected chi connectivity index (χ3v) is 2.62. The van der Waals surface area contributed by atoms with E-state index in [0.717, 1.165) is 4.48 Å². The summed E-state index contributed by atoms with van der Waals surface area (Å²) in [7, 11) is 0. The molecule has 0 amide bonds. The number of dihydropyridines is 1. The molecule has 6 heteroatoms. The molecule has 1 fully saturated rings.